The highest BCUT2D eigenvalue weighted by Crippen LogP contribution is 2.37. The average Bonchev–Trinajstić information content (AvgIpc) is 3.12. The van der Waals surface area contributed by atoms with Crippen LogP contribution >= 0.6 is 0 Å². The lowest BCUT2D eigenvalue weighted by Crippen LogP contribution is -2.40. The van der Waals surface area contributed by atoms with Crippen molar-refractivity contribution in [2.75, 3.05) is 0 Å². The summed E-state index contributed by atoms with van der Waals surface area (Å²) in [6, 6.07) is 5.02. The summed E-state index contributed by atoms with van der Waals surface area (Å²) in [5.41, 5.74) is 2.94. The van der Waals surface area contributed by atoms with Crippen molar-refractivity contribution in [2.24, 2.45) is 0 Å². The van der Waals surface area contributed by atoms with E-state index in [0.717, 1.165) is 15.7 Å². The Morgan fingerprint density at radius 1 is 1.09 bits per heavy atom. The number of halogens is 3. The van der Waals surface area contributed by atoms with Crippen LogP contribution in [0.1, 0.15) is 60.8 Å². The summed E-state index contributed by atoms with van der Waals surface area (Å²) in [4.78, 5) is 4.62. The summed E-state index contributed by atoms with van der Waals surface area (Å²) in [5, 5.41) is 18.0. The van der Waals surface area contributed by atoms with Gasteiger partial charge in [-0.3, -0.25) is 9.38 Å². The Morgan fingerprint density at radius 3 is 2.34 bits per heavy atom. The molecule has 3 aromatic heterocycles. The number of nitrogens with zero attached hydrogens (tertiary/aromatic N) is 4. The molecule has 1 atom stereocenters. The van der Waals surface area contributed by atoms with Gasteiger partial charge in [-0.2, -0.15) is 13.2 Å². The van der Waals surface area contributed by atoms with Crippen LogP contribution in [0.25, 0.3) is 5.65 Å². The van der Waals surface area contributed by atoms with E-state index in [0.29, 0.717) is 23.4 Å². The number of pyridine rings is 2. The largest absolute Gasteiger partial charge is 0.452 e. The van der Waals surface area contributed by atoms with Crippen molar-refractivity contribution in [2.45, 2.75) is 71.6 Å². The van der Waals surface area contributed by atoms with Gasteiger partial charge in [-0.25, -0.2) is 0 Å². The molecule has 0 aliphatic rings. The van der Waals surface area contributed by atoms with Crippen molar-refractivity contribution >= 4 is 14.0 Å². The van der Waals surface area contributed by atoms with E-state index in [1.807, 2.05) is 13.0 Å². The fourth-order valence-corrected chi connectivity index (χ4v) is 4.03. The zero-order valence-corrected chi connectivity index (χ0v) is 20.4. The number of hydrogen-bond donors (Lipinski definition) is 1. The minimum absolute atomic E-state index is 0.0440. The number of rotatable bonds is 5. The first-order chi connectivity index (χ1) is 14.6. The molecule has 0 aliphatic carbocycles. The molecule has 6 nitrogen and oxygen atoms in total. The Balaban J connectivity index is 1.93. The fourth-order valence-electron chi connectivity index (χ4n) is 3.10. The highest BCUT2D eigenvalue weighted by Gasteiger charge is 2.38. The Hall–Kier alpha value is -2.30. The summed E-state index contributed by atoms with van der Waals surface area (Å²) < 4.78 is 46.5. The standard InChI is InChI=1S/C22H29F3N4O2Si/c1-13-8-9-16(26-17(13)12-31-32(6,7)21(3,4)5)18(30)15-10-11-29-19(14(15)2)27-28-20(29)22(23,24)25/h8-11,18,30H,12H2,1-7H3. The van der Waals surface area contributed by atoms with Crippen LogP contribution in [0.15, 0.2) is 24.4 Å². The zero-order chi connectivity index (χ0) is 24.1. The highest BCUT2D eigenvalue weighted by molar-refractivity contribution is 6.74. The summed E-state index contributed by atoms with van der Waals surface area (Å²) in [7, 11) is -1.98. The maximum Gasteiger partial charge on any atom is 0.452 e. The van der Waals surface area contributed by atoms with Crippen molar-refractivity contribution in [3.05, 3.63) is 58.3 Å². The summed E-state index contributed by atoms with van der Waals surface area (Å²) in [6.45, 7) is 14.7. The Bertz CT molecular complexity index is 1140. The van der Waals surface area contributed by atoms with Crippen molar-refractivity contribution in [1.29, 1.82) is 0 Å². The lowest BCUT2D eigenvalue weighted by Gasteiger charge is -2.36. The van der Waals surface area contributed by atoms with Gasteiger partial charge in [0.15, 0.2) is 14.0 Å². The first-order valence-corrected chi connectivity index (χ1v) is 13.2. The van der Waals surface area contributed by atoms with Gasteiger partial charge in [0.05, 0.1) is 18.0 Å². The maximum absolute atomic E-state index is 13.1. The van der Waals surface area contributed by atoms with Crippen molar-refractivity contribution in [3.8, 4) is 0 Å². The predicted molar refractivity (Wildman–Crippen MR) is 118 cm³/mol. The second-order valence-electron chi connectivity index (χ2n) is 9.56. The van der Waals surface area contributed by atoms with E-state index in [1.165, 1.54) is 12.3 Å². The van der Waals surface area contributed by atoms with Crippen LogP contribution in [-0.4, -0.2) is 33.0 Å². The second kappa shape index (κ2) is 8.24. The van der Waals surface area contributed by atoms with Crippen molar-refractivity contribution in [1.82, 2.24) is 19.6 Å². The summed E-state index contributed by atoms with van der Waals surface area (Å²) in [5.74, 6) is -1.10. The van der Waals surface area contributed by atoms with E-state index in [1.54, 1.807) is 13.0 Å². The SMILES string of the molecule is Cc1ccc(C(O)c2ccn3c(C(F)(F)F)nnc3c2C)nc1CO[Si](C)(C)C(C)(C)C. The molecule has 3 heterocycles. The van der Waals surface area contributed by atoms with Crippen molar-refractivity contribution < 1.29 is 22.7 Å². The van der Waals surface area contributed by atoms with Gasteiger partial charge in [-0.1, -0.05) is 26.8 Å². The van der Waals surface area contributed by atoms with Crippen LogP contribution in [0, 0.1) is 13.8 Å². The molecular weight excluding hydrogens is 437 g/mol. The first-order valence-electron chi connectivity index (χ1n) is 10.3. The Labute approximate surface area is 186 Å². The number of aliphatic hydroxyl groups is 1. The van der Waals surface area contributed by atoms with Crippen molar-refractivity contribution in [3.63, 3.8) is 0 Å². The van der Waals surface area contributed by atoms with E-state index in [4.69, 9.17) is 4.43 Å². The van der Waals surface area contributed by atoms with Crippen LogP contribution in [0.3, 0.4) is 0 Å². The minimum atomic E-state index is -4.62. The third-order valence-electron chi connectivity index (χ3n) is 6.29. The molecule has 0 fully saturated rings. The van der Waals surface area contributed by atoms with Gasteiger partial charge < -0.3 is 9.53 Å². The molecule has 0 bridgehead atoms. The monoisotopic (exact) mass is 466 g/mol. The number of aromatic nitrogens is 4. The van der Waals surface area contributed by atoms with Gasteiger partial charge in [-0.05, 0) is 55.2 Å². The molecule has 0 spiro atoms. The molecule has 10 heteroatoms. The first kappa shape index (κ1) is 24.3. The van der Waals surface area contributed by atoms with Gasteiger partial charge in [0.25, 0.3) is 0 Å². The van der Waals surface area contributed by atoms with Crippen LogP contribution in [0.2, 0.25) is 18.1 Å². The van der Waals surface area contributed by atoms with Crippen LogP contribution < -0.4 is 0 Å². The normalized spacial score (nSPS) is 14.2. The number of alkyl halides is 3. The van der Waals surface area contributed by atoms with E-state index < -0.39 is 26.4 Å². The lowest BCUT2D eigenvalue weighted by atomic mass is 10.0. The molecule has 0 aromatic carbocycles. The number of fused-ring (bicyclic) bond motifs is 1. The molecule has 0 saturated carbocycles. The Morgan fingerprint density at radius 2 is 1.75 bits per heavy atom. The van der Waals surface area contributed by atoms with Crippen LogP contribution in [0.5, 0.6) is 0 Å². The molecule has 0 amide bonds. The third-order valence-corrected chi connectivity index (χ3v) is 10.8. The molecule has 32 heavy (non-hydrogen) atoms. The molecule has 0 radical (unpaired) electrons. The third kappa shape index (κ3) is 4.57. The molecule has 174 valence electrons. The number of aryl methyl sites for hydroxylation is 2. The molecule has 1 unspecified atom stereocenters. The molecule has 1 N–H and O–H groups in total. The predicted octanol–water partition coefficient (Wildman–Crippen LogP) is 5.36. The van der Waals surface area contributed by atoms with Crippen LogP contribution in [-0.2, 0) is 17.2 Å². The number of aliphatic hydroxyl groups excluding tert-OH is 1. The van der Waals surface area contributed by atoms with E-state index in [9.17, 15) is 18.3 Å². The number of hydrogen-bond acceptors (Lipinski definition) is 5. The smallest absolute Gasteiger partial charge is 0.411 e. The van der Waals surface area contributed by atoms with Gasteiger partial charge in [0.1, 0.15) is 6.10 Å². The van der Waals surface area contributed by atoms with E-state index in [-0.39, 0.29) is 10.7 Å². The zero-order valence-electron chi connectivity index (χ0n) is 19.4. The second-order valence-corrected chi connectivity index (χ2v) is 14.4. The van der Waals surface area contributed by atoms with Gasteiger partial charge in [-0.15, -0.1) is 10.2 Å². The van der Waals surface area contributed by atoms with Gasteiger partial charge in [0.2, 0.25) is 5.82 Å². The Kier molecular flexibility index (Phi) is 6.27. The minimum Gasteiger partial charge on any atom is -0.411 e. The van der Waals surface area contributed by atoms with E-state index in [2.05, 4.69) is 49.0 Å². The molecule has 0 aliphatic heterocycles. The summed E-state index contributed by atoms with van der Waals surface area (Å²) in [6.07, 6.45) is -4.53. The van der Waals surface area contributed by atoms with Gasteiger partial charge in [0, 0.05) is 11.8 Å². The lowest BCUT2D eigenvalue weighted by molar-refractivity contribution is -0.145. The van der Waals surface area contributed by atoms with Gasteiger partial charge >= 0.3 is 6.18 Å². The molecule has 3 aromatic rings. The summed E-state index contributed by atoms with van der Waals surface area (Å²) >= 11 is 0. The van der Waals surface area contributed by atoms with E-state index >= 15 is 0 Å². The topological polar surface area (TPSA) is 72.5 Å². The quantitative estimate of drug-likeness (QED) is 0.512. The molecule has 3 rings (SSSR count). The molecule has 0 saturated heterocycles. The maximum atomic E-state index is 13.1. The fraction of sp³-hybridized carbons (Fsp3) is 0.500. The molecular formula is C22H29F3N4O2Si. The average molecular weight is 467 g/mol. The highest BCUT2D eigenvalue weighted by atomic mass is 28.4. The van der Waals surface area contributed by atoms with Crippen LogP contribution in [0.4, 0.5) is 13.2 Å².